The number of amides is 2. The van der Waals surface area contributed by atoms with Gasteiger partial charge in [-0.1, -0.05) is 29.3 Å². The van der Waals surface area contributed by atoms with Gasteiger partial charge in [0.05, 0.1) is 24.4 Å². The van der Waals surface area contributed by atoms with Crippen molar-refractivity contribution in [2.75, 3.05) is 25.6 Å². The molecule has 0 aromatic heterocycles. The molecule has 2 aromatic rings. The molecule has 25 heavy (non-hydrogen) atoms. The first-order valence-corrected chi connectivity index (χ1v) is 8.58. The largest absolute Gasteiger partial charge is 0.493 e. The second-order valence-electron chi connectivity index (χ2n) is 5.17. The van der Waals surface area contributed by atoms with E-state index in [0.29, 0.717) is 46.8 Å². The predicted octanol–water partition coefficient (Wildman–Crippen LogP) is 4.76. The van der Waals surface area contributed by atoms with Crippen molar-refractivity contribution in [3.05, 3.63) is 52.0 Å². The SMILES string of the molecule is CCOc1ccc(CCNC(=O)Nc2cc(Cl)ccc2Cl)cc1OC. The van der Waals surface area contributed by atoms with E-state index in [-0.39, 0.29) is 6.03 Å². The van der Waals surface area contributed by atoms with Crippen LogP contribution in [0.1, 0.15) is 12.5 Å². The second kappa shape index (κ2) is 9.39. The Balaban J connectivity index is 1.87. The van der Waals surface area contributed by atoms with E-state index in [9.17, 15) is 4.79 Å². The molecular formula is C18H20Cl2N2O3. The molecule has 2 N–H and O–H groups in total. The van der Waals surface area contributed by atoms with Crippen molar-refractivity contribution in [2.24, 2.45) is 0 Å². The van der Waals surface area contributed by atoms with Crippen LogP contribution >= 0.6 is 23.2 Å². The molecule has 0 bridgehead atoms. The van der Waals surface area contributed by atoms with Crippen LogP contribution in [0.15, 0.2) is 36.4 Å². The lowest BCUT2D eigenvalue weighted by Crippen LogP contribution is -2.30. The maximum absolute atomic E-state index is 12.0. The molecule has 0 saturated heterocycles. The minimum atomic E-state index is -0.345. The van der Waals surface area contributed by atoms with Gasteiger partial charge in [-0.25, -0.2) is 4.79 Å². The first-order valence-electron chi connectivity index (χ1n) is 7.83. The van der Waals surface area contributed by atoms with Crippen molar-refractivity contribution in [3.8, 4) is 11.5 Å². The van der Waals surface area contributed by atoms with E-state index < -0.39 is 0 Å². The standard InChI is InChI=1S/C18H20Cl2N2O3/c1-3-25-16-7-4-12(10-17(16)24-2)8-9-21-18(23)22-15-11-13(19)5-6-14(15)20/h4-7,10-11H,3,8-9H2,1-2H3,(H2,21,22,23). The summed E-state index contributed by atoms with van der Waals surface area (Å²) >= 11 is 11.9. The van der Waals surface area contributed by atoms with E-state index in [1.54, 1.807) is 25.3 Å². The van der Waals surface area contributed by atoms with Gasteiger partial charge in [-0.2, -0.15) is 0 Å². The van der Waals surface area contributed by atoms with Gasteiger partial charge >= 0.3 is 6.03 Å². The predicted molar refractivity (Wildman–Crippen MR) is 101 cm³/mol. The lowest BCUT2D eigenvalue weighted by Gasteiger charge is -2.12. The van der Waals surface area contributed by atoms with Crippen LogP contribution in [0.3, 0.4) is 0 Å². The van der Waals surface area contributed by atoms with Gasteiger partial charge in [0.1, 0.15) is 0 Å². The van der Waals surface area contributed by atoms with E-state index in [1.807, 2.05) is 25.1 Å². The molecular weight excluding hydrogens is 363 g/mol. The normalized spacial score (nSPS) is 10.2. The molecule has 0 aliphatic rings. The fraction of sp³-hybridized carbons (Fsp3) is 0.278. The summed E-state index contributed by atoms with van der Waals surface area (Å²) in [5.74, 6) is 1.38. The van der Waals surface area contributed by atoms with Crippen LogP contribution in [0.25, 0.3) is 0 Å². The molecule has 0 aliphatic carbocycles. The molecule has 0 atom stereocenters. The minimum Gasteiger partial charge on any atom is -0.493 e. The quantitative estimate of drug-likeness (QED) is 0.725. The maximum atomic E-state index is 12.0. The average Bonchev–Trinajstić information content (AvgIpc) is 2.59. The van der Waals surface area contributed by atoms with Gasteiger partial charge in [0.2, 0.25) is 0 Å². The number of methoxy groups -OCH3 is 1. The number of ether oxygens (including phenoxy) is 2. The Morgan fingerprint density at radius 3 is 2.64 bits per heavy atom. The third kappa shape index (κ3) is 5.73. The number of carbonyl (C=O) groups excluding carboxylic acids is 1. The highest BCUT2D eigenvalue weighted by atomic mass is 35.5. The summed E-state index contributed by atoms with van der Waals surface area (Å²) in [5.41, 5.74) is 1.50. The van der Waals surface area contributed by atoms with E-state index in [4.69, 9.17) is 32.7 Å². The Kier molecular flexibility index (Phi) is 7.22. The van der Waals surface area contributed by atoms with Crippen LogP contribution in [0, 0.1) is 0 Å². The van der Waals surface area contributed by atoms with Crippen molar-refractivity contribution in [3.63, 3.8) is 0 Å². The fourth-order valence-corrected chi connectivity index (χ4v) is 2.56. The molecule has 0 fully saturated rings. The lowest BCUT2D eigenvalue weighted by atomic mass is 10.1. The van der Waals surface area contributed by atoms with Crippen molar-refractivity contribution in [2.45, 2.75) is 13.3 Å². The number of benzene rings is 2. The molecule has 2 rings (SSSR count). The van der Waals surface area contributed by atoms with Gasteiger partial charge in [-0.15, -0.1) is 0 Å². The molecule has 0 saturated carbocycles. The molecule has 0 unspecified atom stereocenters. The van der Waals surface area contributed by atoms with Crippen LogP contribution in [0.4, 0.5) is 10.5 Å². The number of halogens is 2. The highest BCUT2D eigenvalue weighted by Crippen LogP contribution is 2.28. The zero-order valence-corrected chi connectivity index (χ0v) is 15.6. The Morgan fingerprint density at radius 1 is 1.12 bits per heavy atom. The number of rotatable bonds is 7. The van der Waals surface area contributed by atoms with Gasteiger partial charge in [0.15, 0.2) is 11.5 Å². The third-order valence-corrected chi connectivity index (χ3v) is 3.97. The van der Waals surface area contributed by atoms with Crippen molar-refractivity contribution in [1.29, 1.82) is 0 Å². The van der Waals surface area contributed by atoms with Crippen LogP contribution in [0.5, 0.6) is 11.5 Å². The fourth-order valence-electron chi connectivity index (χ4n) is 2.22. The average molecular weight is 383 g/mol. The van der Waals surface area contributed by atoms with Crippen molar-refractivity contribution in [1.82, 2.24) is 5.32 Å². The Hall–Kier alpha value is -2.11. The Bertz CT molecular complexity index is 738. The number of carbonyl (C=O) groups is 1. The number of anilines is 1. The summed E-state index contributed by atoms with van der Waals surface area (Å²) in [5, 5.41) is 6.38. The minimum absolute atomic E-state index is 0.345. The van der Waals surface area contributed by atoms with Crippen LogP contribution in [0.2, 0.25) is 10.0 Å². The summed E-state index contributed by atoms with van der Waals surface area (Å²) < 4.78 is 10.8. The Labute approximate surface area is 157 Å². The second-order valence-corrected chi connectivity index (χ2v) is 6.02. The van der Waals surface area contributed by atoms with Crippen LogP contribution in [-0.4, -0.2) is 26.3 Å². The summed E-state index contributed by atoms with van der Waals surface area (Å²) in [6.45, 7) is 2.95. The van der Waals surface area contributed by atoms with E-state index >= 15 is 0 Å². The first kappa shape index (κ1) is 19.2. The summed E-state index contributed by atoms with van der Waals surface area (Å²) in [4.78, 5) is 12.0. The van der Waals surface area contributed by atoms with Crippen molar-refractivity contribution >= 4 is 34.9 Å². The molecule has 2 amide bonds. The molecule has 7 heteroatoms. The number of hydrogen-bond acceptors (Lipinski definition) is 3. The molecule has 0 spiro atoms. The third-order valence-electron chi connectivity index (χ3n) is 3.40. The smallest absolute Gasteiger partial charge is 0.319 e. The van der Waals surface area contributed by atoms with E-state index in [0.717, 1.165) is 5.56 Å². The van der Waals surface area contributed by atoms with Crippen molar-refractivity contribution < 1.29 is 14.3 Å². The zero-order valence-electron chi connectivity index (χ0n) is 14.1. The summed E-state index contributed by atoms with van der Waals surface area (Å²) in [6.07, 6.45) is 0.652. The number of nitrogens with one attached hydrogen (secondary N) is 2. The number of hydrogen-bond donors (Lipinski definition) is 2. The molecule has 134 valence electrons. The zero-order chi connectivity index (χ0) is 18.2. The number of urea groups is 1. The van der Waals surface area contributed by atoms with Gasteiger partial charge in [0, 0.05) is 11.6 Å². The van der Waals surface area contributed by atoms with Crippen LogP contribution in [-0.2, 0) is 6.42 Å². The van der Waals surface area contributed by atoms with Gasteiger partial charge in [0.25, 0.3) is 0 Å². The highest BCUT2D eigenvalue weighted by molar-refractivity contribution is 6.35. The topological polar surface area (TPSA) is 59.6 Å². The van der Waals surface area contributed by atoms with Gasteiger partial charge in [-0.3, -0.25) is 0 Å². The van der Waals surface area contributed by atoms with Gasteiger partial charge < -0.3 is 20.1 Å². The Morgan fingerprint density at radius 2 is 1.92 bits per heavy atom. The summed E-state index contributed by atoms with van der Waals surface area (Å²) in [7, 11) is 1.60. The van der Waals surface area contributed by atoms with E-state index in [1.165, 1.54) is 0 Å². The highest BCUT2D eigenvalue weighted by Gasteiger charge is 2.08. The lowest BCUT2D eigenvalue weighted by molar-refractivity contribution is 0.252. The molecule has 0 aliphatic heterocycles. The first-order chi connectivity index (χ1) is 12.0. The van der Waals surface area contributed by atoms with E-state index in [2.05, 4.69) is 10.6 Å². The van der Waals surface area contributed by atoms with Gasteiger partial charge in [-0.05, 0) is 49.2 Å². The molecule has 5 nitrogen and oxygen atoms in total. The molecule has 0 heterocycles. The molecule has 0 radical (unpaired) electrons. The summed E-state index contributed by atoms with van der Waals surface area (Å²) in [6, 6.07) is 10.3. The monoisotopic (exact) mass is 382 g/mol. The molecule has 2 aromatic carbocycles. The maximum Gasteiger partial charge on any atom is 0.319 e. The van der Waals surface area contributed by atoms with Crippen LogP contribution < -0.4 is 20.1 Å².